The summed E-state index contributed by atoms with van der Waals surface area (Å²) in [5, 5.41) is 28.4. The molecule has 0 spiro atoms. The van der Waals surface area contributed by atoms with Gasteiger partial charge in [0.05, 0.1) is 11.3 Å². The Morgan fingerprint density at radius 3 is 2.63 bits per heavy atom. The van der Waals surface area contributed by atoms with Gasteiger partial charge in [-0.2, -0.15) is 0 Å². The summed E-state index contributed by atoms with van der Waals surface area (Å²) in [5.74, 6) is 0. The molecule has 0 saturated heterocycles. The lowest BCUT2D eigenvalue weighted by molar-refractivity contribution is -0.498. The maximum absolute atomic E-state index is 12.7. The Balaban J connectivity index is 0.00000182. The number of nitrogens with zero attached hydrogens (tertiary/aromatic N) is 3. The SMILES string of the molecule is CN(C)CCCNC1=C2C(=CC=CC2[N+](=O)[O-])N([O-])c2ccccc21.Cl.Cl. The van der Waals surface area contributed by atoms with Gasteiger partial charge in [0.1, 0.15) is 0 Å². The minimum Gasteiger partial charge on any atom is -0.754 e. The zero-order valence-electron chi connectivity index (χ0n) is 15.1. The van der Waals surface area contributed by atoms with E-state index in [0.717, 1.165) is 18.0 Å². The maximum Gasteiger partial charge on any atom is 0.260 e. The van der Waals surface area contributed by atoms with Gasteiger partial charge in [-0.05, 0) is 45.3 Å². The van der Waals surface area contributed by atoms with E-state index in [9.17, 15) is 15.3 Å². The molecule has 1 aliphatic carbocycles. The largest absolute Gasteiger partial charge is 0.754 e. The van der Waals surface area contributed by atoms with Crippen molar-refractivity contribution < 1.29 is 4.92 Å². The van der Waals surface area contributed by atoms with Crippen LogP contribution in [0, 0.1) is 15.3 Å². The second kappa shape index (κ2) is 9.75. The van der Waals surface area contributed by atoms with Gasteiger partial charge in [0, 0.05) is 28.4 Å². The van der Waals surface area contributed by atoms with Crippen LogP contribution in [0.4, 0.5) is 5.69 Å². The van der Waals surface area contributed by atoms with Crippen molar-refractivity contribution in [3.05, 3.63) is 74.6 Å². The predicted molar refractivity (Wildman–Crippen MR) is 113 cm³/mol. The van der Waals surface area contributed by atoms with Crippen LogP contribution < -0.4 is 10.4 Å². The Morgan fingerprint density at radius 1 is 1.26 bits per heavy atom. The topological polar surface area (TPSA) is 84.7 Å². The molecule has 0 radical (unpaired) electrons. The van der Waals surface area contributed by atoms with E-state index < -0.39 is 6.04 Å². The monoisotopic (exact) mass is 413 g/mol. The number of nitro groups is 1. The van der Waals surface area contributed by atoms with Crippen molar-refractivity contribution >= 4 is 36.2 Å². The van der Waals surface area contributed by atoms with E-state index in [-0.39, 0.29) is 29.7 Å². The summed E-state index contributed by atoms with van der Waals surface area (Å²) in [5.41, 5.74) is 2.66. The third kappa shape index (κ3) is 4.62. The molecule has 1 unspecified atom stereocenters. The van der Waals surface area contributed by atoms with Crippen molar-refractivity contribution in [3.8, 4) is 0 Å². The molecule has 2 aliphatic rings. The van der Waals surface area contributed by atoms with Crippen molar-refractivity contribution in [1.29, 1.82) is 0 Å². The molecule has 1 aromatic rings. The van der Waals surface area contributed by atoms with E-state index in [1.807, 2.05) is 26.2 Å². The number of para-hydroxylation sites is 1. The van der Waals surface area contributed by atoms with Crippen LogP contribution in [0.25, 0.3) is 5.70 Å². The normalized spacial score (nSPS) is 17.4. The van der Waals surface area contributed by atoms with Crippen LogP contribution in [0.1, 0.15) is 12.0 Å². The Bertz CT molecular complexity index is 778. The number of halogens is 2. The number of hydroxylamine groups is 1. The van der Waals surface area contributed by atoms with Gasteiger partial charge >= 0.3 is 0 Å². The van der Waals surface area contributed by atoms with Crippen LogP contribution >= 0.6 is 24.8 Å². The second-order valence-corrected chi connectivity index (χ2v) is 6.35. The van der Waals surface area contributed by atoms with E-state index in [4.69, 9.17) is 0 Å². The molecule has 0 saturated carbocycles. The van der Waals surface area contributed by atoms with Gasteiger partial charge in [0.2, 0.25) is 0 Å². The first kappa shape index (κ1) is 23.0. The van der Waals surface area contributed by atoms with Crippen LogP contribution in [0.2, 0.25) is 0 Å². The highest BCUT2D eigenvalue weighted by Crippen LogP contribution is 2.41. The summed E-state index contributed by atoms with van der Waals surface area (Å²) in [7, 11) is 4.01. The number of allylic oxidation sites excluding steroid dienone is 2. The van der Waals surface area contributed by atoms with Gasteiger partial charge in [-0.3, -0.25) is 10.1 Å². The first-order valence-corrected chi connectivity index (χ1v) is 8.22. The highest BCUT2D eigenvalue weighted by molar-refractivity contribution is 5.88. The quantitative estimate of drug-likeness (QED) is 0.437. The molecular formula is C18H23Cl2N4O3-. The number of benzene rings is 1. The average molecular weight is 414 g/mol. The number of anilines is 1. The van der Waals surface area contributed by atoms with Crippen molar-refractivity contribution in [2.75, 3.05) is 32.2 Å². The Labute approximate surface area is 171 Å². The molecule has 1 heterocycles. The summed E-state index contributed by atoms with van der Waals surface area (Å²) < 4.78 is 0. The standard InChI is InChI=1S/C18H21N4O3.2ClH/c1-20(2)12-6-11-19-18-13-7-3-4-8-14(13)21(23)15-9-5-10-16(17(15)18)22(24)25;;/h3-5,7-10,16,19H,6,11-12H2,1-2H3;2*1H/q-1;;. The fourth-order valence-corrected chi connectivity index (χ4v) is 3.15. The van der Waals surface area contributed by atoms with Crippen LogP contribution in [-0.4, -0.2) is 43.0 Å². The number of fused-ring (bicyclic) bond motifs is 2. The van der Waals surface area contributed by atoms with E-state index >= 15 is 0 Å². The molecule has 27 heavy (non-hydrogen) atoms. The summed E-state index contributed by atoms with van der Waals surface area (Å²) in [6.07, 6.45) is 5.63. The molecule has 0 aromatic heterocycles. The van der Waals surface area contributed by atoms with Gasteiger partial charge in [0.15, 0.2) is 0 Å². The average Bonchev–Trinajstić information content (AvgIpc) is 2.60. The number of rotatable bonds is 6. The smallest absolute Gasteiger partial charge is 0.260 e. The second-order valence-electron chi connectivity index (χ2n) is 6.35. The molecule has 7 nitrogen and oxygen atoms in total. The third-order valence-corrected chi connectivity index (χ3v) is 4.31. The fraction of sp³-hybridized carbons (Fsp3) is 0.333. The molecule has 1 aromatic carbocycles. The van der Waals surface area contributed by atoms with Crippen LogP contribution in [0.5, 0.6) is 0 Å². The van der Waals surface area contributed by atoms with Crippen molar-refractivity contribution in [3.63, 3.8) is 0 Å². The molecule has 148 valence electrons. The molecule has 9 heteroatoms. The van der Waals surface area contributed by atoms with E-state index in [1.54, 1.807) is 24.3 Å². The van der Waals surface area contributed by atoms with Gasteiger partial charge in [-0.25, -0.2) is 0 Å². The minimum atomic E-state index is -1.03. The molecule has 1 N–H and O–H groups in total. The summed E-state index contributed by atoms with van der Waals surface area (Å²) in [4.78, 5) is 13.3. The highest BCUT2D eigenvalue weighted by atomic mass is 35.5. The summed E-state index contributed by atoms with van der Waals surface area (Å²) in [6.45, 7) is 1.58. The molecule has 0 amide bonds. The van der Waals surface area contributed by atoms with Gasteiger partial charge in [-0.1, -0.05) is 24.3 Å². The lowest BCUT2D eigenvalue weighted by Gasteiger charge is -2.42. The minimum absolute atomic E-state index is 0. The molecule has 1 aliphatic heterocycles. The Kier molecular flexibility index (Phi) is 8.30. The van der Waals surface area contributed by atoms with Crippen LogP contribution in [0.3, 0.4) is 0 Å². The van der Waals surface area contributed by atoms with E-state index in [2.05, 4.69) is 10.2 Å². The maximum atomic E-state index is 12.7. The fourth-order valence-electron chi connectivity index (χ4n) is 3.15. The molecule has 3 rings (SSSR count). The Hall–Kier alpha value is -2.06. The zero-order chi connectivity index (χ0) is 18.0. The van der Waals surface area contributed by atoms with Crippen LogP contribution in [0.15, 0.2) is 53.8 Å². The van der Waals surface area contributed by atoms with Gasteiger partial charge in [0.25, 0.3) is 6.04 Å². The molecule has 1 atom stereocenters. The first-order chi connectivity index (χ1) is 12.0. The van der Waals surface area contributed by atoms with E-state index in [0.29, 0.717) is 34.8 Å². The summed E-state index contributed by atoms with van der Waals surface area (Å²) in [6, 6.07) is 6.17. The Morgan fingerprint density at radius 2 is 1.96 bits per heavy atom. The summed E-state index contributed by atoms with van der Waals surface area (Å²) >= 11 is 0. The third-order valence-electron chi connectivity index (χ3n) is 4.31. The van der Waals surface area contributed by atoms with Crippen molar-refractivity contribution in [1.82, 2.24) is 10.2 Å². The highest BCUT2D eigenvalue weighted by Gasteiger charge is 2.35. The van der Waals surface area contributed by atoms with Crippen molar-refractivity contribution in [2.24, 2.45) is 0 Å². The predicted octanol–water partition coefficient (Wildman–Crippen LogP) is 3.20. The lowest BCUT2D eigenvalue weighted by atomic mass is 9.89. The molecule has 0 fully saturated rings. The first-order valence-electron chi connectivity index (χ1n) is 8.22. The van der Waals surface area contributed by atoms with Crippen molar-refractivity contribution in [2.45, 2.75) is 12.5 Å². The lowest BCUT2D eigenvalue weighted by Crippen LogP contribution is -2.35. The van der Waals surface area contributed by atoms with Gasteiger partial charge < -0.3 is 20.5 Å². The number of hydrogen-bond donors (Lipinski definition) is 1. The molecule has 0 bridgehead atoms. The zero-order valence-corrected chi connectivity index (χ0v) is 16.8. The number of hydrogen-bond acceptors (Lipinski definition) is 6. The molecular weight excluding hydrogens is 391 g/mol. The van der Waals surface area contributed by atoms with Crippen LogP contribution in [-0.2, 0) is 0 Å². The van der Waals surface area contributed by atoms with Gasteiger partial charge in [-0.15, -0.1) is 24.8 Å². The van der Waals surface area contributed by atoms with E-state index in [1.165, 1.54) is 6.08 Å². The number of nitrogens with one attached hydrogen (secondary N) is 1.